The van der Waals surface area contributed by atoms with E-state index in [1.54, 1.807) is 4.68 Å². The van der Waals surface area contributed by atoms with Crippen molar-refractivity contribution in [2.75, 3.05) is 0 Å². The molecule has 3 heteroatoms. The van der Waals surface area contributed by atoms with Crippen molar-refractivity contribution in [2.24, 2.45) is 7.05 Å². The molecular formula is C14H18N2O. The molecule has 90 valence electrons. The lowest BCUT2D eigenvalue weighted by molar-refractivity contribution is 0.0316. The van der Waals surface area contributed by atoms with Gasteiger partial charge in [-0.2, -0.15) is 5.10 Å². The summed E-state index contributed by atoms with van der Waals surface area (Å²) >= 11 is 0. The van der Waals surface area contributed by atoms with Crippen LogP contribution in [0.3, 0.4) is 0 Å². The third-order valence-corrected chi connectivity index (χ3v) is 3.14. The minimum absolute atomic E-state index is 0.550. The highest BCUT2D eigenvalue weighted by molar-refractivity contribution is 5.24. The zero-order valence-corrected chi connectivity index (χ0v) is 10.3. The number of nitrogens with zero attached hydrogens (tertiary/aromatic N) is 2. The van der Waals surface area contributed by atoms with E-state index in [4.69, 9.17) is 0 Å². The SMILES string of the molecule is CCC(O)(Cc1ccn(C)n1)c1ccccc1. The Hall–Kier alpha value is -1.61. The second kappa shape index (κ2) is 4.72. The van der Waals surface area contributed by atoms with Gasteiger partial charge in [0.15, 0.2) is 0 Å². The van der Waals surface area contributed by atoms with Gasteiger partial charge in [-0.15, -0.1) is 0 Å². The molecule has 0 amide bonds. The van der Waals surface area contributed by atoms with E-state index in [0.717, 1.165) is 11.3 Å². The van der Waals surface area contributed by atoms with Crippen LogP contribution in [0.15, 0.2) is 42.6 Å². The standard InChI is InChI=1S/C14H18N2O/c1-3-14(17,12-7-5-4-6-8-12)11-13-9-10-16(2)15-13/h4-10,17H,3,11H2,1-2H3. The smallest absolute Gasteiger partial charge is 0.0949 e. The molecule has 1 aromatic carbocycles. The Bertz CT molecular complexity index is 478. The van der Waals surface area contributed by atoms with Crippen LogP contribution in [0.5, 0.6) is 0 Å². The Labute approximate surface area is 102 Å². The molecule has 0 aliphatic heterocycles. The van der Waals surface area contributed by atoms with E-state index in [0.29, 0.717) is 12.8 Å². The monoisotopic (exact) mass is 230 g/mol. The molecule has 17 heavy (non-hydrogen) atoms. The van der Waals surface area contributed by atoms with E-state index in [2.05, 4.69) is 5.10 Å². The van der Waals surface area contributed by atoms with Crippen LogP contribution in [0.4, 0.5) is 0 Å². The van der Waals surface area contributed by atoms with E-state index in [-0.39, 0.29) is 0 Å². The van der Waals surface area contributed by atoms with Gasteiger partial charge in [0, 0.05) is 19.7 Å². The highest BCUT2D eigenvalue weighted by Gasteiger charge is 2.28. The minimum atomic E-state index is -0.824. The van der Waals surface area contributed by atoms with Crippen molar-refractivity contribution in [1.29, 1.82) is 0 Å². The van der Waals surface area contributed by atoms with E-state index >= 15 is 0 Å². The normalized spacial score (nSPS) is 14.5. The van der Waals surface area contributed by atoms with E-state index in [9.17, 15) is 5.11 Å². The van der Waals surface area contributed by atoms with Crippen molar-refractivity contribution in [2.45, 2.75) is 25.4 Å². The number of aromatic nitrogens is 2. The lowest BCUT2D eigenvalue weighted by Crippen LogP contribution is -2.27. The third-order valence-electron chi connectivity index (χ3n) is 3.14. The fourth-order valence-corrected chi connectivity index (χ4v) is 2.04. The van der Waals surface area contributed by atoms with Gasteiger partial charge in [-0.25, -0.2) is 0 Å². The van der Waals surface area contributed by atoms with Crippen molar-refractivity contribution < 1.29 is 5.11 Å². The first-order valence-electron chi connectivity index (χ1n) is 5.90. The number of benzene rings is 1. The largest absolute Gasteiger partial charge is 0.385 e. The Balaban J connectivity index is 2.26. The van der Waals surface area contributed by atoms with Crippen molar-refractivity contribution in [1.82, 2.24) is 9.78 Å². The van der Waals surface area contributed by atoms with Gasteiger partial charge >= 0.3 is 0 Å². The second-order valence-electron chi connectivity index (χ2n) is 4.41. The summed E-state index contributed by atoms with van der Waals surface area (Å²) in [6.45, 7) is 2.00. The molecule has 0 saturated carbocycles. The van der Waals surface area contributed by atoms with Crippen LogP contribution in [-0.2, 0) is 19.1 Å². The number of rotatable bonds is 4. The van der Waals surface area contributed by atoms with Gasteiger partial charge in [-0.3, -0.25) is 4.68 Å². The molecule has 3 nitrogen and oxygen atoms in total. The Morgan fingerprint density at radius 3 is 2.47 bits per heavy atom. The van der Waals surface area contributed by atoms with E-state index < -0.39 is 5.60 Å². The molecule has 0 spiro atoms. The van der Waals surface area contributed by atoms with Crippen LogP contribution in [0.25, 0.3) is 0 Å². The summed E-state index contributed by atoms with van der Waals surface area (Å²) in [6.07, 6.45) is 3.12. The van der Waals surface area contributed by atoms with Gasteiger partial charge in [0.2, 0.25) is 0 Å². The zero-order valence-electron chi connectivity index (χ0n) is 10.3. The summed E-state index contributed by atoms with van der Waals surface area (Å²) in [5.41, 5.74) is 1.05. The molecule has 0 saturated heterocycles. The Morgan fingerprint density at radius 2 is 1.94 bits per heavy atom. The minimum Gasteiger partial charge on any atom is -0.385 e. The average molecular weight is 230 g/mol. The first-order valence-corrected chi connectivity index (χ1v) is 5.90. The quantitative estimate of drug-likeness (QED) is 0.875. The highest BCUT2D eigenvalue weighted by Crippen LogP contribution is 2.28. The maximum atomic E-state index is 10.7. The van der Waals surface area contributed by atoms with Gasteiger partial charge in [0.1, 0.15) is 0 Å². The predicted octanol–water partition coefficient (Wildman–Crippen LogP) is 2.26. The summed E-state index contributed by atoms with van der Waals surface area (Å²) in [5, 5.41) is 15.0. The molecule has 1 heterocycles. The first kappa shape index (κ1) is 11.9. The first-order chi connectivity index (χ1) is 8.14. The summed E-state index contributed by atoms with van der Waals surface area (Å²) in [7, 11) is 1.89. The van der Waals surface area contributed by atoms with Crippen molar-refractivity contribution in [3.8, 4) is 0 Å². The van der Waals surface area contributed by atoms with E-state index in [1.165, 1.54) is 0 Å². The fourth-order valence-electron chi connectivity index (χ4n) is 2.04. The topological polar surface area (TPSA) is 38.0 Å². The summed E-state index contributed by atoms with van der Waals surface area (Å²) < 4.78 is 1.76. The second-order valence-corrected chi connectivity index (χ2v) is 4.41. The number of hydrogen-bond acceptors (Lipinski definition) is 2. The zero-order chi connectivity index (χ0) is 12.3. The third kappa shape index (κ3) is 2.56. The lowest BCUT2D eigenvalue weighted by atomic mass is 9.87. The van der Waals surface area contributed by atoms with Crippen molar-refractivity contribution in [3.05, 3.63) is 53.9 Å². The van der Waals surface area contributed by atoms with Crippen LogP contribution in [0.1, 0.15) is 24.6 Å². The summed E-state index contributed by atoms with van der Waals surface area (Å²) in [5.74, 6) is 0. The molecule has 0 aliphatic rings. The van der Waals surface area contributed by atoms with Gasteiger partial charge in [-0.05, 0) is 18.1 Å². The lowest BCUT2D eigenvalue weighted by Gasteiger charge is -2.26. The predicted molar refractivity (Wildman–Crippen MR) is 67.5 cm³/mol. The van der Waals surface area contributed by atoms with Crippen LogP contribution < -0.4 is 0 Å². The summed E-state index contributed by atoms with van der Waals surface area (Å²) in [6, 6.07) is 11.7. The summed E-state index contributed by atoms with van der Waals surface area (Å²) in [4.78, 5) is 0. The van der Waals surface area contributed by atoms with Gasteiger partial charge < -0.3 is 5.11 Å². The van der Waals surface area contributed by atoms with E-state index in [1.807, 2.05) is 56.6 Å². The van der Waals surface area contributed by atoms with Gasteiger partial charge in [0.05, 0.1) is 11.3 Å². The number of hydrogen-bond donors (Lipinski definition) is 1. The molecule has 2 rings (SSSR count). The molecule has 1 unspecified atom stereocenters. The highest BCUT2D eigenvalue weighted by atomic mass is 16.3. The molecule has 0 fully saturated rings. The number of aryl methyl sites for hydroxylation is 1. The fraction of sp³-hybridized carbons (Fsp3) is 0.357. The molecule has 1 atom stereocenters. The molecule has 1 N–H and O–H groups in total. The average Bonchev–Trinajstić information content (AvgIpc) is 2.75. The molecule has 0 aliphatic carbocycles. The van der Waals surface area contributed by atoms with Crippen LogP contribution >= 0.6 is 0 Å². The molecule has 1 aromatic heterocycles. The van der Waals surface area contributed by atoms with Crippen LogP contribution in [-0.4, -0.2) is 14.9 Å². The number of aliphatic hydroxyl groups is 1. The molecule has 2 aromatic rings. The van der Waals surface area contributed by atoms with Crippen molar-refractivity contribution in [3.63, 3.8) is 0 Å². The Morgan fingerprint density at radius 1 is 1.24 bits per heavy atom. The Kier molecular flexibility index (Phi) is 3.29. The maximum absolute atomic E-state index is 10.7. The molecule has 0 bridgehead atoms. The van der Waals surface area contributed by atoms with Crippen LogP contribution in [0.2, 0.25) is 0 Å². The van der Waals surface area contributed by atoms with Gasteiger partial charge in [-0.1, -0.05) is 37.3 Å². The van der Waals surface area contributed by atoms with Crippen molar-refractivity contribution >= 4 is 0 Å². The molecular weight excluding hydrogens is 212 g/mol. The van der Waals surface area contributed by atoms with Gasteiger partial charge in [0.25, 0.3) is 0 Å². The molecule has 0 radical (unpaired) electrons. The van der Waals surface area contributed by atoms with Crippen LogP contribution in [0, 0.1) is 0 Å². The maximum Gasteiger partial charge on any atom is 0.0949 e.